The average Bonchev–Trinajstić information content (AvgIpc) is 2.69. The van der Waals surface area contributed by atoms with Crippen molar-refractivity contribution >= 4 is 0 Å². The van der Waals surface area contributed by atoms with Gasteiger partial charge in [0.2, 0.25) is 0 Å². The second-order valence-electron chi connectivity index (χ2n) is 5.72. The van der Waals surface area contributed by atoms with Gasteiger partial charge < -0.3 is 14.2 Å². The molecule has 1 atom stereocenters. The summed E-state index contributed by atoms with van der Waals surface area (Å²) in [7, 11) is 3.29. The molecule has 3 aromatic carbocycles. The molecule has 0 heterocycles. The van der Waals surface area contributed by atoms with Crippen LogP contribution < -0.4 is 14.2 Å². The highest BCUT2D eigenvalue weighted by Crippen LogP contribution is 2.31. The van der Waals surface area contributed by atoms with Gasteiger partial charge in [-0.1, -0.05) is 54.6 Å². The molecule has 0 aliphatic carbocycles. The van der Waals surface area contributed by atoms with Gasteiger partial charge in [-0.25, -0.2) is 0 Å². The van der Waals surface area contributed by atoms with Gasteiger partial charge in [0.1, 0.15) is 11.9 Å². The molecule has 3 aromatic rings. The summed E-state index contributed by atoms with van der Waals surface area (Å²) in [5.41, 5.74) is 2.27. The molecule has 128 valence electrons. The third-order valence-electron chi connectivity index (χ3n) is 4.06. The van der Waals surface area contributed by atoms with Crippen LogP contribution in [0, 0.1) is 0 Å². The van der Waals surface area contributed by atoms with Crippen LogP contribution in [0.2, 0.25) is 0 Å². The van der Waals surface area contributed by atoms with Gasteiger partial charge in [-0.3, -0.25) is 0 Å². The minimum Gasteiger partial charge on any atom is -0.493 e. The monoisotopic (exact) mass is 334 g/mol. The molecule has 0 radical (unpaired) electrons. The van der Waals surface area contributed by atoms with Crippen molar-refractivity contribution in [3.63, 3.8) is 0 Å². The van der Waals surface area contributed by atoms with E-state index in [1.807, 2.05) is 66.7 Å². The number of methoxy groups -OCH3 is 2. The standard InChI is InChI=1S/C22H22O3/c1-23-20-14-13-17(16-22(20)24-2)15-21(18-9-5-3-6-10-18)25-19-11-7-4-8-12-19/h3-14,16,21H,15H2,1-2H3. The average molecular weight is 334 g/mol. The SMILES string of the molecule is COc1ccc(CC(Oc2ccccc2)c2ccccc2)cc1OC. The lowest BCUT2D eigenvalue weighted by Crippen LogP contribution is -2.11. The van der Waals surface area contributed by atoms with Crippen LogP contribution in [0.4, 0.5) is 0 Å². The fourth-order valence-corrected chi connectivity index (χ4v) is 2.78. The largest absolute Gasteiger partial charge is 0.493 e. The van der Waals surface area contributed by atoms with Crippen molar-refractivity contribution < 1.29 is 14.2 Å². The van der Waals surface area contributed by atoms with Gasteiger partial charge in [0.05, 0.1) is 14.2 Å². The summed E-state index contributed by atoms with van der Waals surface area (Å²) in [6, 6.07) is 26.1. The molecule has 0 saturated heterocycles. The summed E-state index contributed by atoms with van der Waals surface area (Å²) < 4.78 is 17.0. The predicted molar refractivity (Wildman–Crippen MR) is 99.5 cm³/mol. The lowest BCUT2D eigenvalue weighted by molar-refractivity contribution is 0.206. The van der Waals surface area contributed by atoms with Crippen molar-refractivity contribution in [3.05, 3.63) is 90.0 Å². The molecule has 3 nitrogen and oxygen atoms in total. The smallest absolute Gasteiger partial charge is 0.160 e. The van der Waals surface area contributed by atoms with Gasteiger partial charge in [0.25, 0.3) is 0 Å². The second kappa shape index (κ2) is 8.25. The molecule has 3 heteroatoms. The Morgan fingerprint density at radius 3 is 2.00 bits per heavy atom. The quantitative estimate of drug-likeness (QED) is 0.604. The maximum absolute atomic E-state index is 6.26. The third-order valence-corrected chi connectivity index (χ3v) is 4.06. The zero-order valence-electron chi connectivity index (χ0n) is 14.5. The van der Waals surface area contributed by atoms with E-state index in [4.69, 9.17) is 14.2 Å². The number of ether oxygens (including phenoxy) is 3. The van der Waals surface area contributed by atoms with Gasteiger partial charge in [-0.15, -0.1) is 0 Å². The van der Waals surface area contributed by atoms with Crippen molar-refractivity contribution in [2.45, 2.75) is 12.5 Å². The van der Waals surface area contributed by atoms with Crippen LogP contribution >= 0.6 is 0 Å². The van der Waals surface area contributed by atoms with E-state index in [1.165, 1.54) is 0 Å². The van der Waals surface area contributed by atoms with Gasteiger partial charge in [0.15, 0.2) is 11.5 Å². The molecule has 0 aliphatic rings. The zero-order valence-corrected chi connectivity index (χ0v) is 14.5. The van der Waals surface area contributed by atoms with Crippen molar-refractivity contribution in [2.75, 3.05) is 14.2 Å². The van der Waals surface area contributed by atoms with Crippen molar-refractivity contribution in [3.8, 4) is 17.2 Å². The van der Waals surface area contributed by atoms with E-state index in [0.717, 1.165) is 34.8 Å². The zero-order chi connectivity index (χ0) is 17.5. The van der Waals surface area contributed by atoms with Crippen LogP contribution in [0.1, 0.15) is 17.2 Å². The van der Waals surface area contributed by atoms with Crippen LogP contribution in [-0.2, 0) is 6.42 Å². The van der Waals surface area contributed by atoms with Crippen LogP contribution in [0.15, 0.2) is 78.9 Å². The van der Waals surface area contributed by atoms with Crippen LogP contribution in [0.5, 0.6) is 17.2 Å². The lowest BCUT2D eigenvalue weighted by atomic mass is 10.0. The maximum atomic E-state index is 6.26. The van der Waals surface area contributed by atoms with E-state index >= 15 is 0 Å². The van der Waals surface area contributed by atoms with E-state index < -0.39 is 0 Å². The van der Waals surface area contributed by atoms with Crippen molar-refractivity contribution in [1.29, 1.82) is 0 Å². The number of benzene rings is 3. The summed E-state index contributed by atoms with van der Waals surface area (Å²) in [5, 5.41) is 0. The van der Waals surface area contributed by atoms with Crippen LogP contribution in [0.3, 0.4) is 0 Å². The summed E-state index contributed by atoms with van der Waals surface area (Å²) in [4.78, 5) is 0. The molecule has 0 spiro atoms. The molecule has 3 rings (SSSR count). The molecule has 0 fully saturated rings. The van der Waals surface area contributed by atoms with Crippen LogP contribution in [0.25, 0.3) is 0 Å². The second-order valence-corrected chi connectivity index (χ2v) is 5.72. The minimum atomic E-state index is -0.0818. The number of para-hydroxylation sites is 1. The highest BCUT2D eigenvalue weighted by atomic mass is 16.5. The van der Waals surface area contributed by atoms with E-state index in [1.54, 1.807) is 14.2 Å². The first kappa shape index (κ1) is 16.9. The van der Waals surface area contributed by atoms with Crippen LogP contribution in [-0.4, -0.2) is 14.2 Å². The van der Waals surface area contributed by atoms with Gasteiger partial charge in [-0.05, 0) is 35.4 Å². The van der Waals surface area contributed by atoms with Crippen molar-refractivity contribution in [2.24, 2.45) is 0 Å². The third kappa shape index (κ3) is 4.32. The Morgan fingerprint density at radius 2 is 1.36 bits per heavy atom. The van der Waals surface area contributed by atoms with E-state index in [9.17, 15) is 0 Å². The molecule has 0 saturated carbocycles. The fourth-order valence-electron chi connectivity index (χ4n) is 2.78. The van der Waals surface area contributed by atoms with Gasteiger partial charge in [0, 0.05) is 6.42 Å². The van der Waals surface area contributed by atoms with E-state index in [-0.39, 0.29) is 6.10 Å². The summed E-state index contributed by atoms with van der Waals surface area (Å²) in [6.45, 7) is 0. The first-order valence-electron chi connectivity index (χ1n) is 8.27. The first-order valence-corrected chi connectivity index (χ1v) is 8.27. The van der Waals surface area contributed by atoms with E-state index in [0.29, 0.717) is 0 Å². The normalized spacial score (nSPS) is 11.6. The van der Waals surface area contributed by atoms with Gasteiger partial charge in [-0.2, -0.15) is 0 Å². The van der Waals surface area contributed by atoms with E-state index in [2.05, 4.69) is 12.1 Å². The number of hydrogen-bond donors (Lipinski definition) is 0. The lowest BCUT2D eigenvalue weighted by Gasteiger charge is -2.20. The number of hydrogen-bond acceptors (Lipinski definition) is 3. The summed E-state index contributed by atoms with van der Waals surface area (Å²) in [6.07, 6.45) is 0.654. The Hall–Kier alpha value is -2.94. The Morgan fingerprint density at radius 1 is 0.720 bits per heavy atom. The highest BCUT2D eigenvalue weighted by molar-refractivity contribution is 5.43. The molecule has 0 amide bonds. The fraction of sp³-hybridized carbons (Fsp3) is 0.182. The minimum absolute atomic E-state index is 0.0818. The Kier molecular flexibility index (Phi) is 5.57. The predicted octanol–water partition coefficient (Wildman–Crippen LogP) is 5.07. The Balaban J connectivity index is 1.87. The Bertz CT molecular complexity index is 785. The molecule has 1 unspecified atom stereocenters. The maximum Gasteiger partial charge on any atom is 0.160 e. The number of rotatable bonds is 7. The molecule has 0 N–H and O–H groups in total. The summed E-state index contributed by atoms with van der Waals surface area (Å²) in [5.74, 6) is 2.31. The molecule has 0 aliphatic heterocycles. The summed E-state index contributed by atoms with van der Waals surface area (Å²) >= 11 is 0. The molecule has 0 bridgehead atoms. The molecule has 0 aromatic heterocycles. The highest BCUT2D eigenvalue weighted by Gasteiger charge is 2.16. The molecular weight excluding hydrogens is 312 g/mol. The Labute approximate surface area is 148 Å². The molecular formula is C22H22O3. The topological polar surface area (TPSA) is 27.7 Å². The van der Waals surface area contributed by atoms with Crippen molar-refractivity contribution in [1.82, 2.24) is 0 Å². The first-order chi connectivity index (χ1) is 12.3. The molecule has 25 heavy (non-hydrogen) atoms. The van der Waals surface area contributed by atoms with Gasteiger partial charge >= 0.3 is 0 Å².